The number of hydrogen-bond donors (Lipinski definition) is 1. The minimum Gasteiger partial charge on any atom is -0.299 e. The van der Waals surface area contributed by atoms with Crippen molar-refractivity contribution >= 4 is 9.84 Å². The van der Waals surface area contributed by atoms with Crippen LogP contribution in [-0.4, -0.2) is 43.7 Å². The minimum atomic E-state index is -3.00. The molecule has 0 aromatic heterocycles. The molecule has 1 fully saturated rings. The van der Waals surface area contributed by atoms with Gasteiger partial charge in [0.2, 0.25) is 0 Å². The summed E-state index contributed by atoms with van der Waals surface area (Å²) in [5.41, 5.74) is 0. The van der Waals surface area contributed by atoms with Crippen LogP contribution in [0.2, 0.25) is 0 Å². The molecule has 0 aromatic rings. The first kappa shape index (κ1) is 10.9. The van der Waals surface area contributed by atoms with E-state index in [0.29, 0.717) is 6.54 Å². The lowest BCUT2D eigenvalue weighted by Gasteiger charge is -2.23. The topological polar surface area (TPSA) is 49.4 Å². The van der Waals surface area contributed by atoms with Crippen LogP contribution in [0.3, 0.4) is 0 Å². The number of sulfone groups is 1. The number of nitrogens with zero attached hydrogens (tertiary/aromatic N) is 1. The molecule has 5 heteroatoms. The van der Waals surface area contributed by atoms with Gasteiger partial charge in [0, 0.05) is 6.54 Å². The molecular formula is C8H18N2O2S. The lowest BCUT2D eigenvalue weighted by Crippen LogP contribution is -2.41. The smallest absolute Gasteiger partial charge is 0.169 e. The molecule has 0 aromatic carbocycles. The maximum atomic E-state index is 11.8. The van der Waals surface area contributed by atoms with Gasteiger partial charge in [-0.2, -0.15) is 0 Å². The van der Waals surface area contributed by atoms with Crippen LogP contribution >= 0.6 is 0 Å². The summed E-state index contributed by atoms with van der Waals surface area (Å²) in [6, 6.07) is 0. The molecule has 1 aliphatic heterocycles. The standard InChI is InChI=1S/C8H18N2O2S/c1-6(2)13(11,12)8-5-9-7(3)10(8)4/h6-9H,5H2,1-4H3. The van der Waals surface area contributed by atoms with E-state index >= 15 is 0 Å². The van der Waals surface area contributed by atoms with Gasteiger partial charge in [-0.05, 0) is 27.8 Å². The Morgan fingerprint density at radius 3 is 2.31 bits per heavy atom. The largest absolute Gasteiger partial charge is 0.299 e. The van der Waals surface area contributed by atoms with Gasteiger partial charge >= 0.3 is 0 Å². The van der Waals surface area contributed by atoms with Crippen LogP contribution in [0, 0.1) is 0 Å². The third kappa shape index (κ3) is 1.87. The van der Waals surface area contributed by atoms with E-state index in [-0.39, 0.29) is 16.8 Å². The van der Waals surface area contributed by atoms with Gasteiger partial charge in [0.1, 0.15) is 5.37 Å². The van der Waals surface area contributed by atoms with Crippen molar-refractivity contribution in [3.8, 4) is 0 Å². The van der Waals surface area contributed by atoms with Crippen molar-refractivity contribution in [2.24, 2.45) is 0 Å². The summed E-state index contributed by atoms with van der Waals surface area (Å²) in [6.07, 6.45) is 0.151. The van der Waals surface area contributed by atoms with E-state index < -0.39 is 9.84 Å². The molecule has 78 valence electrons. The van der Waals surface area contributed by atoms with Crippen LogP contribution in [0.1, 0.15) is 20.8 Å². The van der Waals surface area contributed by atoms with E-state index in [2.05, 4.69) is 5.32 Å². The van der Waals surface area contributed by atoms with Crippen molar-refractivity contribution in [2.75, 3.05) is 13.6 Å². The van der Waals surface area contributed by atoms with E-state index in [9.17, 15) is 8.42 Å². The fourth-order valence-corrected chi connectivity index (χ4v) is 3.07. The molecule has 1 heterocycles. The summed E-state index contributed by atoms with van der Waals surface area (Å²) >= 11 is 0. The SMILES string of the molecule is CC1NCC(S(=O)(=O)C(C)C)N1C. The molecule has 0 bridgehead atoms. The quantitative estimate of drug-likeness (QED) is 0.692. The summed E-state index contributed by atoms with van der Waals surface area (Å²) in [6.45, 7) is 5.96. The van der Waals surface area contributed by atoms with E-state index in [1.807, 2.05) is 18.9 Å². The highest BCUT2D eigenvalue weighted by atomic mass is 32.2. The van der Waals surface area contributed by atoms with Crippen LogP contribution in [-0.2, 0) is 9.84 Å². The zero-order valence-electron chi connectivity index (χ0n) is 8.61. The highest BCUT2D eigenvalue weighted by Crippen LogP contribution is 2.17. The van der Waals surface area contributed by atoms with Crippen molar-refractivity contribution in [2.45, 2.75) is 37.6 Å². The Morgan fingerprint density at radius 2 is 2.00 bits per heavy atom. The van der Waals surface area contributed by atoms with Gasteiger partial charge in [-0.15, -0.1) is 0 Å². The van der Waals surface area contributed by atoms with E-state index in [4.69, 9.17) is 0 Å². The average Bonchev–Trinajstić information content (AvgIpc) is 2.33. The molecule has 1 rings (SSSR count). The Hall–Kier alpha value is -0.130. The molecule has 0 radical (unpaired) electrons. The predicted octanol–water partition coefficient (Wildman–Crippen LogP) is 0.0167. The lowest BCUT2D eigenvalue weighted by atomic mass is 10.5. The molecule has 1 N–H and O–H groups in total. The van der Waals surface area contributed by atoms with Gasteiger partial charge in [-0.1, -0.05) is 0 Å². The molecule has 13 heavy (non-hydrogen) atoms. The van der Waals surface area contributed by atoms with Gasteiger partial charge < -0.3 is 0 Å². The third-order valence-electron chi connectivity index (χ3n) is 2.69. The van der Waals surface area contributed by atoms with Crippen molar-refractivity contribution in [1.82, 2.24) is 10.2 Å². The summed E-state index contributed by atoms with van der Waals surface area (Å²) in [7, 11) is -1.15. The average molecular weight is 206 g/mol. The highest BCUT2D eigenvalue weighted by Gasteiger charge is 2.38. The highest BCUT2D eigenvalue weighted by molar-refractivity contribution is 7.92. The lowest BCUT2D eigenvalue weighted by molar-refractivity contribution is 0.291. The minimum absolute atomic E-state index is 0.151. The van der Waals surface area contributed by atoms with Crippen molar-refractivity contribution in [3.05, 3.63) is 0 Å². The summed E-state index contributed by atoms with van der Waals surface area (Å²) in [4.78, 5) is 1.87. The van der Waals surface area contributed by atoms with Crippen LogP contribution in [0.4, 0.5) is 0 Å². The summed E-state index contributed by atoms with van der Waals surface area (Å²) < 4.78 is 23.6. The number of rotatable bonds is 2. The molecule has 0 saturated carbocycles. The van der Waals surface area contributed by atoms with E-state index in [1.54, 1.807) is 13.8 Å². The Labute approximate surface area is 80.2 Å². The Balaban J connectivity index is 2.86. The summed E-state index contributed by atoms with van der Waals surface area (Å²) in [5.74, 6) is 0. The molecule has 1 saturated heterocycles. The van der Waals surface area contributed by atoms with Crippen LogP contribution in [0.15, 0.2) is 0 Å². The van der Waals surface area contributed by atoms with Gasteiger partial charge in [0.25, 0.3) is 0 Å². The van der Waals surface area contributed by atoms with Crippen molar-refractivity contribution in [3.63, 3.8) is 0 Å². The molecule has 1 aliphatic rings. The molecule has 0 amide bonds. The van der Waals surface area contributed by atoms with Crippen LogP contribution < -0.4 is 5.32 Å². The van der Waals surface area contributed by atoms with Crippen LogP contribution in [0.5, 0.6) is 0 Å². The Morgan fingerprint density at radius 1 is 1.46 bits per heavy atom. The maximum Gasteiger partial charge on any atom is 0.169 e. The second-order valence-electron chi connectivity index (χ2n) is 3.84. The van der Waals surface area contributed by atoms with Gasteiger partial charge in [0.15, 0.2) is 9.84 Å². The third-order valence-corrected chi connectivity index (χ3v) is 5.26. The molecule has 4 nitrogen and oxygen atoms in total. The van der Waals surface area contributed by atoms with Crippen molar-refractivity contribution < 1.29 is 8.42 Å². The van der Waals surface area contributed by atoms with Crippen LogP contribution in [0.25, 0.3) is 0 Å². The molecule has 2 atom stereocenters. The van der Waals surface area contributed by atoms with Crippen molar-refractivity contribution in [1.29, 1.82) is 0 Å². The predicted molar refractivity (Wildman–Crippen MR) is 53.1 cm³/mol. The zero-order valence-corrected chi connectivity index (χ0v) is 9.43. The fraction of sp³-hybridized carbons (Fsp3) is 1.00. The molecular weight excluding hydrogens is 188 g/mol. The first-order valence-electron chi connectivity index (χ1n) is 4.55. The monoisotopic (exact) mass is 206 g/mol. The first-order valence-corrected chi connectivity index (χ1v) is 6.16. The normalized spacial score (nSPS) is 31.5. The second kappa shape index (κ2) is 3.55. The number of hydrogen-bond acceptors (Lipinski definition) is 4. The van der Waals surface area contributed by atoms with Gasteiger partial charge in [-0.25, -0.2) is 8.42 Å². The number of nitrogens with one attached hydrogen (secondary N) is 1. The van der Waals surface area contributed by atoms with Gasteiger partial charge in [-0.3, -0.25) is 10.2 Å². The Kier molecular flexibility index (Phi) is 2.99. The summed E-state index contributed by atoms with van der Waals surface area (Å²) in [5, 5.41) is 2.47. The fourth-order valence-electron chi connectivity index (χ4n) is 1.47. The Bertz CT molecular complexity index is 274. The molecule has 2 unspecified atom stereocenters. The number of likely N-dealkylation sites (N-methyl/N-ethyl adjacent to an activating group) is 1. The molecule has 0 aliphatic carbocycles. The van der Waals surface area contributed by atoms with E-state index in [0.717, 1.165) is 0 Å². The zero-order chi connectivity index (χ0) is 10.2. The first-order chi connectivity index (χ1) is 5.87. The molecule has 0 spiro atoms. The maximum absolute atomic E-state index is 11.8. The van der Waals surface area contributed by atoms with E-state index in [1.165, 1.54) is 0 Å². The second-order valence-corrected chi connectivity index (χ2v) is 6.51. The van der Waals surface area contributed by atoms with Gasteiger partial charge in [0.05, 0.1) is 11.4 Å².